The highest BCUT2D eigenvalue weighted by molar-refractivity contribution is 8.14. The van der Waals surface area contributed by atoms with E-state index in [1.165, 1.54) is 24.8 Å². The molecule has 0 saturated carbocycles. The lowest BCUT2D eigenvalue weighted by atomic mass is 10.00. The minimum absolute atomic E-state index is 0.223. The van der Waals surface area contributed by atoms with Gasteiger partial charge in [-0.15, -0.1) is 6.42 Å². The van der Waals surface area contributed by atoms with Crippen molar-refractivity contribution in [1.29, 1.82) is 0 Å². The van der Waals surface area contributed by atoms with Gasteiger partial charge in [-0.25, -0.2) is 4.39 Å². The molecular formula is C16H21F2N3OS. The van der Waals surface area contributed by atoms with E-state index in [0.717, 1.165) is 6.42 Å². The number of nitrogens with two attached hydrogens (primary N) is 2. The van der Waals surface area contributed by atoms with Gasteiger partial charge in [0, 0.05) is 23.3 Å². The highest BCUT2D eigenvalue weighted by Crippen LogP contribution is 2.34. The van der Waals surface area contributed by atoms with E-state index in [9.17, 15) is 13.6 Å². The molecule has 1 amide bonds. The number of amides is 1. The van der Waals surface area contributed by atoms with Crippen molar-refractivity contribution in [2.45, 2.75) is 31.6 Å². The summed E-state index contributed by atoms with van der Waals surface area (Å²) in [5.41, 5.74) is 11.4. The Morgan fingerprint density at radius 3 is 2.52 bits per heavy atom. The average molecular weight is 341 g/mol. The molecule has 0 aliphatic carbocycles. The van der Waals surface area contributed by atoms with E-state index < -0.39 is 0 Å². The molecule has 1 aromatic carbocycles. The highest BCUT2D eigenvalue weighted by Gasteiger charge is 2.23. The van der Waals surface area contributed by atoms with Crippen LogP contribution < -0.4 is 11.5 Å². The average Bonchev–Trinajstić information content (AvgIpc) is 2.48. The third kappa shape index (κ3) is 7.66. The van der Waals surface area contributed by atoms with Gasteiger partial charge in [0.05, 0.1) is 13.2 Å². The zero-order valence-electron chi connectivity index (χ0n) is 13.3. The summed E-state index contributed by atoms with van der Waals surface area (Å²) < 4.78 is 23.3. The number of thioether (sulfide) groups is 1. The van der Waals surface area contributed by atoms with Crippen LogP contribution in [0.5, 0.6) is 0 Å². The van der Waals surface area contributed by atoms with Crippen LogP contribution in [-0.2, 0) is 4.79 Å². The number of benzene rings is 1. The van der Waals surface area contributed by atoms with E-state index in [1.54, 1.807) is 12.1 Å². The Morgan fingerprint density at radius 2 is 2.04 bits per heavy atom. The summed E-state index contributed by atoms with van der Waals surface area (Å²) in [4.78, 5) is 13.5. The van der Waals surface area contributed by atoms with Gasteiger partial charge in [0.15, 0.2) is 5.17 Å². The van der Waals surface area contributed by atoms with Gasteiger partial charge in [0.1, 0.15) is 5.82 Å². The molecular weight excluding hydrogens is 320 g/mol. The normalized spacial score (nSPS) is 19.0. The lowest BCUT2D eigenvalue weighted by Gasteiger charge is -2.23. The third-order valence-electron chi connectivity index (χ3n) is 2.68. The molecule has 0 aromatic heterocycles. The first-order valence-electron chi connectivity index (χ1n) is 6.73. The van der Waals surface area contributed by atoms with Crippen LogP contribution in [0.1, 0.15) is 37.4 Å². The first-order valence-corrected chi connectivity index (χ1v) is 7.61. The number of hydrogen-bond donors (Lipinski definition) is 2. The minimum atomic E-state index is -0.333. The largest absolute Gasteiger partial charge is 0.379 e. The molecule has 23 heavy (non-hydrogen) atoms. The first kappa shape index (κ1) is 20.9. The number of terminal acetylenes is 1. The van der Waals surface area contributed by atoms with Crippen molar-refractivity contribution in [3.05, 3.63) is 35.1 Å². The second-order valence-corrected chi connectivity index (χ2v) is 6.10. The van der Waals surface area contributed by atoms with Crippen LogP contribution in [0.15, 0.2) is 23.2 Å². The molecule has 0 bridgehead atoms. The molecule has 0 fully saturated rings. The topological polar surface area (TPSA) is 81.5 Å². The SMILES string of the molecule is C#Cc1ccc(F)c(C2CC(C)SC(N)=N2)c1.CC(N)=O.CF. The van der Waals surface area contributed by atoms with Crippen LogP contribution in [0.2, 0.25) is 0 Å². The van der Waals surface area contributed by atoms with Crippen LogP contribution in [0, 0.1) is 18.2 Å². The van der Waals surface area contributed by atoms with Gasteiger partial charge in [-0.1, -0.05) is 24.6 Å². The molecule has 1 aliphatic heterocycles. The van der Waals surface area contributed by atoms with Gasteiger partial charge in [-0.3, -0.25) is 14.2 Å². The van der Waals surface area contributed by atoms with Crippen molar-refractivity contribution in [3.63, 3.8) is 0 Å². The quantitative estimate of drug-likeness (QED) is 0.771. The van der Waals surface area contributed by atoms with Crippen LogP contribution in [0.4, 0.5) is 8.78 Å². The van der Waals surface area contributed by atoms with Gasteiger partial charge >= 0.3 is 0 Å². The Hall–Kier alpha value is -2.07. The summed E-state index contributed by atoms with van der Waals surface area (Å²) >= 11 is 1.52. The van der Waals surface area contributed by atoms with E-state index >= 15 is 0 Å². The molecule has 2 atom stereocenters. The van der Waals surface area contributed by atoms with Gasteiger partial charge in [0.2, 0.25) is 5.91 Å². The number of rotatable bonds is 1. The molecule has 126 valence electrons. The fourth-order valence-electron chi connectivity index (χ4n) is 1.89. The maximum absolute atomic E-state index is 13.8. The van der Waals surface area contributed by atoms with Crippen LogP contribution in [-0.4, -0.2) is 23.5 Å². The molecule has 0 spiro atoms. The molecule has 2 rings (SSSR count). The smallest absolute Gasteiger partial charge is 0.214 e. The van der Waals surface area contributed by atoms with Crippen molar-refractivity contribution < 1.29 is 13.6 Å². The van der Waals surface area contributed by atoms with E-state index in [4.69, 9.17) is 12.2 Å². The monoisotopic (exact) mass is 341 g/mol. The predicted molar refractivity (Wildman–Crippen MR) is 92.3 cm³/mol. The maximum atomic E-state index is 13.8. The fraction of sp³-hybridized carbons (Fsp3) is 0.375. The number of carbonyl (C=O) groups excluding carboxylic acids is 1. The molecule has 0 radical (unpaired) electrons. The number of nitrogens with zero attached hydrogens (tertiary/aromatic N) is 1. The molecule has 4 nitrogen and oxygen atoms in total. The summed E-state index contributed by atoms with van der Waals surface area (Å²) in [6.45, 7) is 3.36. The zero-order valence-corrected chi connectivity index (χ0v) is 14.2. The van der Waals surface area contributed by atoms with Crippen molar-refractivity contribution in [2.75, 3.05) is 7.18 Å². The van der Waals surface area contributed by atoms with Crippen LogP contribution in [0.3, 0.4) is 0 Å². The summed E-state index contributed by atoms with van der Waals surface area (Å²) in [5, 5.41) is 0.852. The van der Waals surface area contributed by atoms with Gasteiger partial charge < -0.3 is 11.5 Å². The third-order valence-corrected chi connectivity index (χ3v) is 3.62. The number of amidine groups is 1. The van der Waals surface area contributed by atoms with Gasteiger partial charge in [-0.05, 0) is 24.6 Å². The molecule has 7 heteroatoms. The zero-order chi connectivity index (χ0) is 18.0. The molecule has 1 aromatic rings. The first-order chi connectivity index (χ1) is 10.8. The molecule has 1 heterocycles. The van der Waals surface area contributed by atoms with E-state index in [-0.39, 0.29) is 17.8 Å². The number of hydrogen-bond acceptors (Lipinski definition) is 4. The van der Waals surface area contributed by atoms with E-state index in [2.05, 4.69) is 23.6 Å². The molecule has 4 N–H and O–H groups in total. The number of halogens is 2. The molecule has 1 aliphatic rings. The second-order valence-electron chi connectivity index (χ2n) is 4.64. The predicted octanol–water partition coefficient (Wildman–Crippen LogP) is 2.77. The van der Waals surface area contributed by atoms with Crippen LogP contribution >= 0.6 is 11.8 Å². The lowest BCUT2D eigenvalue weighted by Crippen LogP contribution is -2.21. The minimum Gasteiger partial charge on any atom is -0.379 e. The fourth-order valence-corrected chi connectivity index (χ4v) is 2.77. The molecule has 2 unspecified atom stereocenters. The van der Waals surface area contributed by atoms with Crippen molar-refractivity contribution in [3.8, 4) is 12.3 Å². The van der Waals surface area contributed by atoms with Gasteiger partial charge in [-0.2, -0.15) is 0 Å². The number of carbonyl (C=O) groups is 1. The Balaban J connectivity index is 0.000000705. The summed E-state index contributed by atoms with van der Waals surface area (Å²) in [6.07, 6.45) is 6.09. The Labute approximate surface area is 139 Å². The lowest BCUT2D eigenvalue weighted by molar-refractivity contribution is -0.115. The summed E-state index contributed by atoms with van der Waals surface area (Å²) in [7, 11) is 0.500. The summed E-state index contributed by atoms with van der Waals surface area (Å²) in [5.74, 6) is 1.90. The van der Waals surface area contributed by atoms with E-state index in [1.807, 2.05) is 0 Å². The maximum Gasteiger partial charge on any atom is 0.214 e. The molecule has 0 saturated heterocycles. The standard InChI is InChI=1S/C13H13FN2S.C2H5NO.CH3F/c1-3-9-4-5-11(14)10(7-9)12-6-8(2)17-13(15)16-12;1-2(3)4;1-2/h1,4-5,7-8,12H,6H2,2H3,(H2,15,16);1H3,(H2,3,4);1H3. The van der Waals surface area contributed by atoms with Crippen molar-refractivity contribution >= 4 is 22.8 Å². The summed E-state index contributed by atoms with van der Waals surface area (Å²) in [6, 6.07) is 4.44. The van der Waals surface area contributed by atoms with Crippen molar-refractivity contribution in [2.24, 2.45) is 16.5 Å². The number of aliphatic imine (C=N–C) groups is 1. The van der Waals surface area contributed by atoms with Gasteiger partial charge in [0.25, 0.3) is 0 Å². The van der Waals surface area contributed by atoms with Crippen molar-refractivity contribution in [1.82, 2.24) is 0 Å². The van der Waals surface area contributed by atoms with Crippen LogP contribution in [0.25, 0.3) is 0 Å². The van der Waals surface area contributed by atoms with E-state index in [0.29, 0.717) is 28.7 Å². The Morgan fingerprint density at radius 1 is 1.48 bits per heavy atom. The number of primary amides is 1. The second kappa shape index (κ2) is 10.6. The highest BCUT2D eigenvalue weighted by atomic mass is 32.2. The Kier molecular flexibility index (Phi) is 9.67. The number of alkyl halides is 1. The Bertz CT molecular complexity index is 595.